The van der Waals surface area contributed by atoms with E-state index in [1.54, 1.807) is 0 Å². The van der Waals surface area contributed by atoms with Gasteiger partial charge in [-0.1, -0.05) is 26.0 Å². The normalized spacial score (nSPS) is 17.1. The Labute approximate surface area is 111 Å². The molecule has 1 N–H and O–H groups in total. The van der Waals surface area contributed by atoms with Crippen LogP contribution in [0.2, 0.25) is 0 Å². The lowest BCUT2D eigenvalue weighted by molar-refractivity contribution is 0.416. The van der Waals surface area contributed by atoms with Crippen molar-refractivity contribution in [1.29, 1.82) is 0 Å². The molecule has 0 amide bonds. The maximum absolute atomic E-state index is 3.64. The molecule has 2 rings (SSSR count). The van der Waals surface area contributed by atoms with E-state index in [1.807, 2.05) is 0 Å². The predicted octanol–water partition coefficient (Wildman–Crippen LogP) is 3.22. The minimum atomic E-state index is 0.732. The Bertz CT molecular complexity index is 354. The molecule has 100 valence electrons. The summed E-state index contributed by atoms with van der Waals surface area (Å²) >= 11 is 0. The van der Waals surface area contributed by atoms with Crippen LogP contribution < -0.4 is 10.2 Å². The smallest absolute Gasteiger partial charge is 0.0368 e. The molecule has 0 aliphatic carbocycles. The molecule has 0 spiro atoms. The zero-order valence-corrected chi connectivity index (χ0v) is 11.8. The van der Waals surface area contributed by atoms with Gasteiger partial charge in [0.25, 0.3) is 0 Å². The van der Waals surface area contributed by atoms with E-state index in [-0.39, 0.29) is 0 Å². The van der Waals surface area contributed by atoms with Gasteiger partial charge in [-0.15, -0.1) is 0 Å². The van der Waals surface area contributed by atoms with Crippen LogP contribution in [0.4, 0.5) is 5.69 Å². The van der Waals surface area contributed by atoms with Crippen molar-refractivity contribution in [2.45, 2.75) is 45.6 Å². The van der Waals surface area contributed by atoms with Crippen LogP contribution in [0.5, 0.6) is 0 Å². The molecule has 0 unspecified atom stereocenters. The number of piperidine rings is 1. The molecule has 0 aromatic heterocycles. The molecule has 0 bridgehead atoms. The molecule has 1 aliphatic heterocycles. The van der Waals surface area contributed by atoms with Crippen molar-refractivity contribution >= 4 is 5.69 Å². The maximum atomic E-state index is 3.64. The second-order valence-electron chi connectivity index (χ2n) is 5.24. The molecule has 0 saturated carbocycles. The van der Waals surface area contributed by atoms with Gasteiger partial charge in [0.1, 0.15) is 0 Å². The van der Waals surface area contributed by atoms with E-state index >= 15 is 0 Å². The third kappa shape index (κ3) is 3.49. The molecular formula is C16H26N2. The molecule has 2 heteroatoms. The van der Waals surface area contributed by atoms with Crippen LogP contribution in [0.1, 0.15) is 38.7 Å². The largest absolute Gasteiger partial charge is 0.371 e. The lowest BCUT2D eigenvalue weighted by Gasteiger charge is -2.34. The summed E-state index contributed by atoms with van der Waals surface area (Å²) in [7, 11) is 0. The zero-order chi connectivity index (χ0) is 12.8. The van der Waals surface area contributed by atoms with Gasteiger partial charge < -0.3 is 10.2 Å². The number of nitrogens with zero attached hydrogens (tertiary/aromatic N) is 1. The summed E-state index contributed by atoms with van der Waals surface area (Å²) in [5.41, 5.74) is 2.85. The third-order valence-corrected chi connectivity index (χ3v) is 3.86. The number of hydrogen-bond donors (Lipinski definition) is 1. The molecule has 1 heterocycles. The van der Waals surface area contributed by atoms with Gasteiger partial charge in [-0.3, -0.25) is 0 Å². The summed E-state index contributed by atoms with van der Waals surface area (Å²) < 4.78 is 0. The number of anilines is 1. The van der Waals surface area contributed by atoms with Crippen molar-refractivity contribution in [2.75, 3.05) is 24.5 Å². The van der Waals surface area contributed by atoms with Crippen molar-refractivity contribution in [3.05, 3.63) is 29.8 Å². The van der Waals surface area contributed by atoms with Crippen molar-refractivity contribution < 1.29 is 0 Å². The molecule has 1 aromatic rings. The summed E-state index contributed by atoms with van der Waals surface area (Å²) in [6, 6.07) is 9.74. The minimum absolute atomic E-state index is 0.732. The van der Waals surface area contributed by atoms with Gasteiger partial charge in [0.05, 0.1) is 0 Å². The number of rotatable bonds is 5. The molecule has 1 saturated heterocycles. The Balaban J connectivity index is 1.88. The van der Waals surface area contributed by atoms with Gasteiger partial charge in [-0.25, -0.2) is 0 Å². The van der Waals surface area contributed by atoms with Crippen LogP contribution in [-0.2, 0) is 6.42 Å². The van der Waals surface area contributed by atoms with Crippen molar-refractivity contribution in [3.8, 4) is 0 Å². The maximum Gasteiger partial charge on any atom is 0.0368 e. The summed E-state index contributed by atoms with van der Waals surface area (Å²) in [5, 5.41) is 3.64. The van der Waals surface area contributed by atoms with E-state index in [4.69, 9.17) is 0 Å². The van der Waals surface area contributed by atoms with E-state index in [9.17, 15) is 0 Å². The van der Waals surface area contributed by atoms with E-state index < -0.39 is 0 Å². The number of hydrogen-bond acceptors (Lipinski definition) is 2. The Hall–Kier alpha value is -1.02. The van der Waals surface area contributed by atoms with Gasteiger partial charge in [0.2, 0.25) is 0 Å². The molecular weight excluding hydrogens is 220 g/mol. The Morgan fingerprint density at radius 3 is 2.67 bits per heavy atom. The van der Waals surface area contributed by atoms with E-state index in [0.717, 1.165) is 19.0 Å². The average Bonchev–Trinajstić information content (AvgIpc) is 2.46. The highest BCUT2D eigenvalue weighted by Gasteiger charge is 2.18. The highest BCUT2D eigenvalue weighted by Crippen LogP contribution is 2.21. The number of benzene rings is 1. The second-order valence-corrected chi connectivity index (χ2v) is 5.24. The van der Waals surface area contributed by atoms with E-state index in [2.05, 4.69) is 48.3 Å². The zero-order valence-electron chi connectivity index (χ0n) is 11.8. The highest BCUT2D eigenvalue weighted by molar-refractivity contribution is 5.49. The fraction of sp³-hybridized carbons (Fsp3) is 0.625. The fourth-order valence-corrected chi connectivity index (χ4v) is 2.66. The Morgan fingerprint density at radius 2 is 2.00 bits per heavy atom. The standard InChI is InChI=1S/C16H26N2/c1-3-10-17-15-8-11-18(12-9-15)16-7-5-6-14(4-2)13-16/h5-7,13,15,17H,3-4,8-12H2,1-2H3. The fourth-order valence-electron chi connectivity index (χ4n) is 2.66. The molecule has 0 atom stereocenters. The molecule has 18 heavy (non-hydrogen) atoms. The van der Waals surface area contributed by atoms with Crippen molar-refractivity contribution in [3.63, 3.8) is 0 Å². The molecule has 2 nitrogen and oxygen atoms in total. The second kappa shape index (κ2) is 6.79. The molecule has 1 fully saturated rings. The first-order chi connectivity index (χ1) is 8.83. The first-order valence-corrected chi connectivity index (χ1v) is 7.40. The first kappa shape index (κ1) is 13.4. The number of aryl methyl sites for hydroxylation is 1. The summed E-state index contributed by atoms with van der Waals surface area (Å²) in [5.74, 6) is 0. The third-order valence-electron chi connectivity index (χ3n) is 3.86. The van der Waals surface area contributed by atoms with Gasteiger partial charge >= 0.3 is 0 Å². The topological polar surface area (TPSA) is 15.3 Å². The van der Waals surface area contributed by atoms with Gasteiger partial charge in [0, 0.05) is 24.8 Å². The monoisotopic (exact) mass is 246 g/mol. The lowest BCUT2D eigenvalue weighted by atomic mass is 10.0. The molecule has 1 aliphatic rings. The van der Waals surface area contributed by atoms with Crippen LogP contribution in [-0.4, -0.2) is 25.7 Å². The number of nitrogens with one attached hydrogen (secondary N) is 1. The van der Waals surface area contributed by atoms with Crippen molar-refractivity contribution in [2.24, 2.45) is 0 Å². The predicted molar refractivity (Wildman–Crippen MR) is 79.3 cm³/mol. The summed E-state index contributed by atoms with van der Waals surface area (Å²) in [6.45, 7) is 8.00. The van der Waals surface area contributed by atoms with E-state index in [0.29, 0.717) is 0 Å². The van der Waals surface area contributed by atoms with Crippen molar-refractivity contribution in [1.82, 2.24) is 5.32 Å². The van der Waals surface area contributed by atoms with Gasteiger partial charge in [0.15, 0.2) is 0 Å². The Kier molecular flexibility index (Phi) is 5.06. The summed E-state index contributed by atoms with van der Waals surface area (Å²) in [6.07, 6.45) is 4.91. The average molecular weight is 246 g/mol. The van der Waals surface area contributed by atoms with Crippen LogP contribution in [0.15, 0.2) is 24.3 Å². The highest BCUT2D eigenvalue weighted by atomic mass is 15.1. The SMILES string of the molecule is CCCNC1CCN(c2cccc(CC)c2)CC1. The lowest BCUT2D eigenvalue weighted by Crippen LogP contribution is -2.42. The van der Waals surface area contributed by atoms with Crippen LogP contribution >= 0.6 is 0 Å². The quantitative estimate of drug-likeness (QED) is 0.858. The van der Waals surface area contributed by atoms with Crippen LogP contribution in [0.3, 0.4) is 0 Å². The Morgan fingerprint density at radius 1 is 1.22 bits per heavy atom. The molecule has 0 radical (unpaired) electrons. The van der Waals surface area contributed by atoms with Gasteiger partial charge in [-0.05, 0) is 49.9 Å². The summed E-state index contributed by atoms with van der Waals surface area (Å²) in [4.78, 5) is 2.53. The first-order valence-electron chi connectivity index (χ1n) is 7.40. The van der Waals surface area contributed by atoms with Crippen LogP contribution in [0.25, 0.3) is 0 Å². The van der Waals surface area contributed by atoms with Crippen LogP contribution in [0, 0.1) is 0 Å². The van der Waals surface area contributed by atoms with E-state index in [1.165, 1.54) is 43.6 Å². The molecule has 1 aromatic carbocycles. The van der Waals surface area contributed by atoms with Gasteiger partial charge in [-0.2, -0.15) is 0 Å². The minimum Gasteiger partial charge on any atom is -0.371 e.